The quantitative estimate of drug-likeness (QED) is 0.380. The van der Waals surface area contributed by atoms with Crippen LogP contribution in [0.15, 0.2) is 48.5 Å². The molecule has 0 bridgehead atoms. The number of anilines is 2. The first-order valence-electron chi connectivity index (χ1n) is 10.9. The van der Waals surface area contributed by atoms with Crippen molar-refractivity contribution < 1.29 is 23.8 Å². The Morgan fingerprint density at radius 3 is 2.35 bits per heavy atom. The molecular formula is C24H28FN5O4. The Kier molecular flexibility index (Phi) is 8.55. The molecule has 10 heteroatoms. The van der Waals surface area contributed by atoms with E-state index in [1.807, 2.05) is 31.2 Å². The highest BCUT2D eigenvalue weighted by Gasteiger charge is 2.15. The number of carboxylic acids is 1. The van der Waals surface area contributed by atoms with E-state index in [0.29, 0.717) is 49.4 Å². The van der Waals surface area contributed by atoms with Crippen molar-refractivity contribution in [1.29, 1.82) is 0 Å². The monoisotopic (exact) mass is 469 g/mol. The van der Waals surface area contributed by atoms with Gasteiger partial charge in [-0.1, -0.05) is 19.1 Å². The van der Waals surface area contributed by atoms with Gasteiger partial charge in [0.15, 0.2) is 0 Å². The van der Waals surface area contributed by atoms with E-state index in [1.54, 1.807) is 19.0 Å². The van der Waals surface area contributed by atoms with Gasteiger partial charge in [-0.25, -0.2) is 4.39 Å². The largest absolute Gasteiger partial charge is 0.492 e. The number of carboxylic acid groups (broad SMARTS) is 1. The van der Waals surface area contributed by atoms with E-state index in [4.69, 9.17) is 9.47 Å². The molecule has 1 unspecified atom stereocenters. The van der Waals surface area contributed by atoms with Crippen LogP contribution in [0.3, 0.4) is 0 Å². The summed E-state index contributed by atoms with van der Waals surface area (Å²) in [6, 6.07) is 13.1. The Morgan fingerprint density at radius 1 is 1.06 bits per heavy atom. The van der Waals surface area contributed by atoms with Crippen LogP contribution in [0.2, 0.25) is 0 Å². The highest BCUT2D eigenvalue weighted by Crippen LogP contribution is 2.21. The van der Waals surface area contributed by atoms with E-state index >= 15 is 0 Å². The molecule has 1 heterocycles. The van der Waals surface area contributed by atoms with Crippen LogP contribution in [0.5, 0.6) is 17.5 Å². The molecule has 0 radical (unpaired) electrons. The lowest BCUT2D eigenvalue weighted by Gasteiger charge is -2.14. The van der Waals surface area contributed by atoms with Gasteiger partial charge in [-0.15, -0.1) is 0 Å². The minimum atomic E-state index is -0.782. The van der Waals surface area contributed by atoms with Gasteiger partial charge < -0.3 is 24.8 Å². The van der Waals surface area contributed by atoms with E-state index in [9.17, 15) is 14.3 Å². The van der Waals surface area contributed by atoms with Crippen molar-refractivity contribution in [2.75, 3.05) is 37.5 Å². The van der Waals surface area contributed by atoms with E-state index < -0.39 is 5.97 Å². The SMILES string of the molecule is CCC(Cc1ccc(OCCNc2nc(Oc3ccc(F)cc3)nc(N(C)C)n2)cc1)C(=O)O. The number of benzene rings is 2. The topological polar surface area (TPSA) is 110 Å². The molecular weight excluding hydrogens is 441 g/mol. The summed E-state index contributed by atoms with van der Waals surface area (Å²) in [6.45, 7) is 2.64. The van der Waals surface area contributed by atoms with Gasteiger partial charge in [0, 0.05) is 14.1 Å². The number of ether oxygens (including phenoxy) is 2. The van der Waals surface area contributed by atoms with Crippen molar-refractivity contribution in [2.24, 2.45) is 5.92 Å². The summed E-state index contributed by atoms with van der Waals surface area (Å²) in [5, 5.41) is 12.3. The fourth-order valence-corrected chi connectivity index (χ4v) is 3.02. The molecule has 34 heavy (non-hydrogen) atoms. The third-order valence-corrected chi connectivity index (χ3v) is 4.93. The third-order valence-electron chi connectivity index (χ3n) is 4.93. The first-order valence-corrected chi connectivity index (χ1v) is 10.9. The number of aliphatic carboxylic acids is 1. The molecule has 0 aliphatic heterocycles. The second-order valence-electron chi connectivity index (χ2n) is 7.76. The third kappa shape index (κ3) is 7.29. The standard InChI is InChI=1S/C24H28FN5O4/c1-4-17(21(31)32)15-16-5-9-19(10-6-16)33-14-13-26-22-27-23(30(2)3)29-24(28-22)34-20-11-7-18(25)8-12-20/h5-12,17H,4,13-15H2,1-3H3,(H,31,32)(H,26,27,28,29). The Bertz CT molecular complexity index is 1080. The van der Waals surface area contributed by atoms with Crippen LogP contribution in [-0.2, 0) is 11.2 Å². The zero-order valence-corrected chi connectivity index (χ0v) is 19.4. The first kappa shape index (κ1) is 24.7. The molecule has 2 N–H and O–H groups in total. The summed E-state index contributed by atoms with van der Waals surface area (Å²) >= 11 is 0. The average Bonchev–Trinajstić information content (AvgIpc) is 2.82. The Labute approximate surface area is 197 Å². The van der Waals surface area contributed by atoms with E-state index in [-0.39, 0.29) is 17.7 Å². The van der Waals surface area contributed by atoms with Gasteiger partial charge in [0.1, 0.15) is 23.9 Å². The number of nitrogens with zero attached hydrogens (tertiary/aromatic N) is 4. The highest BCUT2D eigenvalue weighted by atomic mass is 19.1. The van der Waals surface area contributed by atoms with Crippen molar-refractivity contribution in [3.8, 4) is 17.5 Å². The van der Waals surface area contributed by atoms with E-state index in [2.05, 4.69) is 20.3 Å². The molecule has 1 aromatic heterocycles. The zero-order chi connectivity index (χ0) is 24.5. The zero-order valence-electron chi connectivity index (χ0n) is 19.4. The molecule has 9 nitrogen and oxygen atoms in total. The smallest absolute Gasteiger partial charge is 0.328 e. The van der Waals surface area contributed by atoms with Crippen LogP contribution in [-0.4, -0.2) is 53.3 Å². The van der Waals surface area contributed by atoms with Gasteiger partial charge in [0.05, 0.1) is 12.5 Å². The van der Waals surface area contributed by atoms with E-state index in [1.165, 1.54) is 24.3 Å². The highest BCUT2D eigenvalue weighted by molar-refractivity contribution is 5.70. The predicted octanol–water partition coefficient (Wildman–Crippen LogP) is 4.01. The van der Waals surface area contributed by atoms with Crippen LogP contribution in [0.4, 0.5) is 16.3 Å². The lowest BCUT2D eigenvalue weighted by atomic mass is 9.97. The van der Waals surface area contributed by atoms with Gasteiger partial charge in [-0.05, 0) is 54.8 Å². The van der Waals surface area contributed by atoms with Crippen LogP contribution in [0, 0.1) is 11.7 Å². The second-order valence-corrected chi connectivity index (χ2v) is 7.76. The molecule has 2 aromatic carbocycles. The number of hydrogen-bond acceptors (Lipinski definition) is 8. The summed E-state index contributed by atoms with van der Waals surface area (Å²) in [4.78, 5) is 25.8. The molecule has 180 valence electrons. The summed E-state index contributed by atoms with van der Waals surface area (Å²) in [6.07, 6.45) is 1.08. The Morgan fingerprint density at radius 2 is 1.74 bits per heavy atom. The number of carbonyl (C=O) groups is 1. The Balaban J connectivity index is 1.55. The molecule has 0 saturated carbocycles. The number of rotatable bonds is 12. The molecule has 0 amide bonds. The van der Waals surface area contributed by atoms with Gasteiger partial charge in [0.2, 0.25) is 11.9 Å². The van der Waals surface area contributed by atoms with Crippen molar-refractivity contribution in [1.82, 2.24) is 15.0 Å². The van der Waals surface area contributed by atoms with Gasteiger partial charge in [-0.2, -0.15) is 15.0 Å². The summed E-state index contributed by atoms with van der Waals surface area (Å²) in [7, 11) is 3.60. The van der Waals surface area contributed by atoms with Crippen LogP contribution in [0.25, 0.3) is 0 Å². The number of aromatic nitrogens is 3. The van der Waals surface area contributed by atoms with Gasteiger partial charge >= 0.3 is 12.0 Å². The van der Waals surface area contributed by atoms with Crippen molar-refractivity contribution >= 4 is 17.9 Å². The first-order chi connectivity index (χ1) is 16.3. The Hall–Kier alpha value is -3.95. The average molecular weight is 470 g/mol. The van der Waals surface area contributed by atoms with Crippen LogP contribution < -0.4 is 19.7 Å². The second kappa shape index (κ2) is 11.8. The maximum absolute atomic E-state index is 13.1. The normalized spacial score (nSPS) is 11.5. The van der Waals surface area contributed by atoms with Gasteiger partial charge in [-0.3, -0.25) is 4.79 Å². The van der Waals surface area contributed by atoms with Crippen molar-refractivity contribution in [3.63, 3.8) is 0 Å². The molecule has 0 aliphatic rings. The molecule has 0 fully saturated rings. The summed E-state index contributed by atoms with van der Waals surface area (Å²) < 4.78 is 24.5. The minimum Gasteiger partial charge on any atom is -0.492 e. The predicted molar refractivity (Wildman–Crippen MR) is 126 cm³/mol. The lowest BCUT2D eigenvalue weighted by Crippen LogP contribution is -2.18. The van der Waals surface area contributed by atoms with Crippen molar-refractivity contribution in [2.45, 2.75) is 19.8 Å². The number of hydrogen-bond donors (Lipinski definition) is 2. The fraction of sp³-hybridized carbons (Fsp3) is 0.333. The molecule has 3 rings (SSSR count). The fourth-order valence-electron chi connectivity index (χ4n) is 3.02. The van der Waals surface area contributed by atoms with Crippen LogP contribution in [0.1, 0.15) is 18.9 Å². The number of nitrogens with one attached hydrogen (secondary N) is 1. The maximum Gasteiger partial charge on any atom is 0.328 e. The minimum absolute atomic E-state index is 0.0797. The lowest BCUT2D eigenvalue weighted by molar-refractivity contribution is -0.141. The molecule has 0 saturated heterocycles. The van der Waals surface area contributed by atoms with Crippen LogP contribution >= 0.6 is 0 Å². The van der Waals surface area contributed by atoms with E-state index in [0.717, 1.165) is 5.56 Å². The molecule has 1 atom stereocenters. The summed E-state index contributed by atoms with van der Waals surface area (Å²) in [5.41, 5.74) is 0.954. The molecule has 0 spiro atoms. The van der Waals surface area contributed by atoms with Gasteiger partial charge in [0.25, 0.3) is 0 Å². The molecule has 3 aromatic rings. The molecule has 0 aliphatic carbocycles. The number of halogens is 1. The summed E-state index contributed by atoms with van der Waals surface area (Å²) in [5.74, 6) is 0.269. The van der Waals surface area contributed by atoms with Crippen molar-refractivity contribution in [3.05, 3.63) is 59.9 Å². The maximum atomic E-state index is 13.1.